The molecule has 0 saturated heterocycles. The normalized spacial score (nSPS) is 19.4. The first-order valence-corrected chi connectivity index (χ1v) is 9.34. The molecule has 2 unspecified atom stereocenters. The number of hydrogen-bond acceptors (Lipinski definition) is 0. The first kappa shape index (κ1) is 18.6. The summed E-state index contributed by atoms with van der Waals surface area (Å²) >= 11 is -0.108. The first-order valence-electron chi connectivity index (χ1n) is 7.54. The van der Waals surface area contributed by atoms with E-state index in [1.165, 1.54) is 22.3 Å². The van der Waals surface area contributed by atoms with Crippen molar-refractivity contribution in [3.8, 4) is 0 Å². The zero-order chi connectivity index (χ0) is 14.4. The van der Waals surface area contributed by atoms with Crippen molar-refractivity contribution in [2.24, 2.45) is 0 Å². The van der Waals surface area contributed by atoms with Crippen LogP contribution in [-0.4, -0.2) is 0 Å². The average Bonchev–Trinajstić information content (AvgIpc) is 3.03. The number of benzene rings is 2. The standard InChI is InChI=1S/2C10H9.2ClH.Ti/c2*1-8-5-6-9-3-2-4-10(9)7-8;;;/h2*2-7H,1H3;2*1H;/q;;;;+2/p-2. The third kappa shape index (κ3) is 3.51. The van der Waals surface area contributed by atoms with Gasteiger partial charge in [0, 0.05) is 0 Å². The molecule has 0 heterocycles. The minimum atomic E-state index is -0.108. The van der Waals surface area contributed by atoms with Crippen LogP contribution in [0.4, 0.5) is 0 Å². The van der Waals surface area contributed by atoms with Gasteiger partial charge in [-0.15, -0.1) is 0 Å². The quantitative estimate of drug-likeness (QED) is 0.604. The van der Waals surface area contributed by atoms with Gasteiger partial charge < -0.3 is 24.8 Å². The maximum atomic E-state index is 2.43. The maximum Gasteiger partial charge on any atom is -1.00 e. The molecular weight excluding hydrogens is 359 g/mol. The molecule has 2 aromatic carbocycles. The van der Waals surface area contributed by atoms with Gasteiger partial charge in [0.2, 0.25) is 0 Å². The van der Waals surface area contributed by atoms with Gasteiger partial charge in [-0.05, 0) is 0 Å². The Kier molecular flexibility index (Phi) is 5.97. The molecule has 4 rings (SSSR count). The molecule has 0 fully saturated rings. The predicted molar refractivity (Wildman–Crippen MR) is 85.9 cm³/mol. The van der Waals surface area contributed by atoms with Crippen molar-refractivity contribution in [1.82, 2.24) is 0 Å². The van der Waals surface area contributed by atoms with Crippen LogP contribution in [0.5, 0.6) is 0 Å². The molecule has 116 valence electrons. The van der Waals surface area contributed by atoms with Gasteiger partial charge in [0.05, 0.1) is 0 Å². The summed E-state index contributed by atoms with van der Waals surface area (Å²) in [7, 11) is 0. The van der Waals surface area contributed by atoms with Crippen LogP contribution in [0.1, 0.15) is 41.8 Å². The number of hydrogen-bond donors (Lipinski definition) is 0. The number of halogens is 2. The molecule has 2 aliphatic carbocycles. The molecule has 2 aliphatic rings. The first-order chi connectivity index (χ1) is 10.2. The average molecular weight is 377 g/mol. The van der Waals surface area contributed by atoms with E-state index in [1.807, 2.05) is 0 Å². The maximum absolute atomic E-state index is 2.43. The van der Waals surface area contributed by atoms with E-state index in [0.29, 0.717) is 8.45 Å². The fourth-order valence-corrected chi connectivity index (χ4v) is 5.97. The van der Waals surface area contributed by atoms with Crippen LogP contribution >= 0.6 is 0 Å². The fraction of sp³-hybridized carbons (Fsp3) is 0.200. The molecule has 23 heavy (non-hydrogen) atoms. The summed E-state index contributed by atoms with van der Waals surface area (Å²) in [4.78, 5) is 0. The molecule has 3 heteroatoms. The second-order valence-electron chi connectivity index (χ2n) is 6.10. The molecule has 2 atom stereocenters. The van der Waals surface area contributed by atoms with Crippen molar-refractivity contribution in [3.05, 3.63) is 81.9 Å². The van der Waals surface area contributed by atoms with Crippen molar-refractivity contribution in [1.29, 1.82) is 0 Å². The summed E-state index contributed by atoms with van der Waals surface area (Å²) in [5.41, 5.74) is 8.70. The molecule has 0 bridgehead atoms. The summed E-state index contributed by atoms with van der Waals surface area (Å²) in [6.45, 7) is 4.35. The van der Waals surface area contributed by atoms with Crippen LogP contribution < -0.4 is 24.8 Å². The summed E-state index contributed by atoms with van der Waals surface area (Å²) in [5.74, 6) is 0. The topological polar surface area (TPSA) is 0 Å². The third-order valence-electron chi connectivity index (χ3n) is 4.45. The van der Waals surface area contributed by atoms with Crippen molar-refractivity contribution in [2.75, 3.05) is 0 Å². The Labute approximate surface area is 159 Å². The number of rotatable bonds is 2. The predicted octanol–water partition coefficient (Wildman–Crippen LogP) is -0.770. The van der Waals surface area contributed by atoms with Crippen LogP contribution in [0.25, 0.3) is 12.2 Å². The van der Waals surface area contributed by atoms with E-state index < -0.39 is 0 Å². The SMILES string of the molecule is Cc1ccc2c(c1)C=C[CH]2[Ti+2][CH]1C=Cc2cc(C)ccc21.[Cl-].[Cl-]. The molecule has 0 aliphatic heterocycles. The molecule has 0 amide bonds. The Balaban J connectivity index is 0.000000960. The van der Waals surface area contributed by atoms with E-state index in [-0.39, 0.29) is 44.0 Å². The summed E-state index contributed by atoms with van der Waals surface area (Å²) in [5, 5.41) is 0. The van der Waals surface area contributed by atoms with Gasteiger partial charge in [0.1, 0.15) is 0 Å². The second-order valence-corrected chi connectivity index (χ2v) is 8.57. The van der Waals surface area contributed by atoms with Crippen LogP contribution in [0.2, 0.25) is 0 Å². The number of allylic oxidation sites excluding steroid dienone is 2. The van der Waals surface area contributed by atoms with E-state index in [2.05, 4.69) is 74.5 Å². The van der Waals surface area contributed by atoms with Crippen molar-refractivity contribution in [3.63, 3.8) is 0 Å². The van der Waals surface area contributed by atoms with Crippen LogP contribution in [-0.2, 0) is 19.2 Å². The molecule has 0 aromatic heterocycles. The fourth-order valence-electron chi connectivity index (χ4n) is 3.33. The van der Waals surface area contributed by atoms with Crippen LogP contribution in [0.15, 0.2) is 48.6 Å². The third-order valence-corrected chi connectivity index (χ3v) is 7.14. The molecule has 0 spiro atoms. The zero-order valence-electron chi connectivity index (χ0n) is 13.2. The van der Waals surface area contributed by atoms with Crippen molar-refractivity contribution < 1.29 is 44.0 Å². The molecular formula is C20H18Cl2Ti. The monoisotopic (exact) mass is 376 g/mol. The molecule has 2 aromatic rings. The molecule has 0 nitrogen and oxygen atoms in total. The van der Waals surface area contributed by atoms with Gasteiger partial charge in [-0.2, -0.15) is 0 Å². The Morgan fingerprint density at radius 2 is 1.13 bits per heavy atom. The van der Waals surface area contributed by atoms with E-state index in [9.17, 15) is 0 Å². The molecule has 0 radical (unpaired) electrons. The number of aryl methyl sites for hydroxylation is 2. The number of fused-ring (bicyclic) bond motifs is 2. The Morgan fingerprint density at radius 3 is 1.57 bits per heavy atom. The van der Waals surface area contributed by atoms with E-state index in [0.717, 1.165) is 0 Å². The minimum Gasteiger partial charge on any atom is -1.00 e. The smallest absolute Gasteiger partial charge is 1.00 e. The largest absolute Gasteiger partial charge is 1.00 e. The summed E-state index contributed by atoms with van der Waals surface area (Å²) < 4.78 is 1.37. The van der Waals surface area contributed by atoms with Gasteiger partial charge in [-0.25, -0.2) is 0 Å². The van der Waals surface area contributed by atoms with E-state index in [1.54, 1.807) is 11.1 Å². The van der Waals surface area contributed by atoms with Gasteiger partial charge in [0.25, 0.3) is 0 Å². The van der Waals surface area contributed by atoms with Crippen LogP contribution in [0.3, 0.4) is 0 Å². The van der Waals surface area contributed by atoms with Crippen molar-refractivity contribution in [2.45, 2.75) is 22.3 Å². The Bertz CT molecular complexity index is 712. The summed E-state index contributed by atoms with van der Waals surface area (Å²) in [6, 6.07) is 13.8. The van der Waals surface area contributed by atoms with E-state index in [4.69, 9.17) is 0 Å². The van der Waals surface area contributed by atoms with Gasteiger partial charge in [-0.3, -0.25) is 0 Å². The zero-order valence-corrected chi connectivity index (χ0v) is 16.3. The Morgan fingerprint density at radius 1 is 0.696 bits per heavy atom. The van der Waals surface area contributed by atoms with Crippen LogP contribution in [0, 0.1) is 13.8 Å². The van der Waals surface area contributed by atoms with Gasteiger partial charge >= 0.3 is 136 Å². The molecule has 0 saturated carbocycles. The van der Waals surface area contributed by atoms with Gasteiger partial charge in [0.15, 0.2) is 0 Å². The molecule has 0 N–H and O–H groups in total. The van der Waals surface area contributed by atoms with E-state index >= 15 is 0 Å². The van der Waals surface area contributed by atoms with Crippen molar-refractivity contribution >= 4 is 12.2 Å². The summed E-state index contributed by atoms with van der Waals surface area (Å²) in [6.07, 6.45) is 9.52. The minimum absolute atomic E-state index is 0. The second kappa shape index (κ2) is 7.41. The Hall–Kier alpha value is -0.786. The van der Waals surface area contributed by atoms with Gasteiger partial charge in [-0.1, -0.05) is 0 Å².